The van der Waals surface area contributed by atoms with E-state index in [9.17, 15) is 30.7 Å². The number of ether oxygens (including phenoxy) is 2. The largest absolute Gasteiger partial charge is 0.423 e. The van der Waals surface area contributed by atoms with Crippen molar-refractivity contribution in [3.8, 4) is 0 Å². The monoisotopic (exact) mass is 326 g/mol. The van der Waals surface area contributed by atoms with Gasteiger partial charge in [-0.05, 0) is 25.7 Å². The molecule has 0 aromatic carbocycles. The number of hydrogen-bond donors (Lipinski definition) is 0. The van der Waals surface area contributed by atoms with Gasteiger partial charge in [0.2, 0.25) is 5.60 Å². The first kappa shape index (κ1) is 18.5. The molecule has 0 aromatic heterocycles. The highest BCUT2D eigenvalue weighted by atomic mass is 19.4. The van der Waals surface area contributed by atoms with Crippen molar-refractivity contribution >= 4 is 0 Å². The fourth-order valence-electron chi connectivity index (χ4n) is 2.77. The van der Waals surface area contributed by atoms with Gasteiger partial charge in [-0.2, -0.15) is 13.2 Å². The van der Waals surface area contributed by atoms with Crippen molar-refractivity contribution < 1.29 is 40.2 Å². The van der Waals surface area contributed by atoms with Gasteiger partial charge in [0, 0.05) is 7.11 Å². The molecular weight excluding hydrogens is 309 g/mol. The minimum Gasteiger partial charge on any atom is -0.359 e. The van der Waals surface area contributed by atoms with Crippen LogP contribution in [0.1, 0.15) is 26.7 Å². The Morgan fingerprint density at radius 2 is 1.67 bits per heavy atom. The molecule has 126 valence electrons. The first-order valence-electron chi connectivity index (χ1n) is 6.25. The van der Waals surface area contributed by atoms with Gasteiger partial charge in [-0.25, -0.2) is 17.6 Å². The van der Waals surface area contributed by atoms with Crippen molar-refractivity contribution in [1.29, 1.82) is 0 Å². The van der Waals surface area contributed by atoms with Gasteiger partial charge >= 0.3 is 6.18 Å². The average Bonchev–Trinajstić information content (AvgIpc) is 2.26. The molecular formula is C12H17F7O2. The van der Waals surface area contributed by atoms with E-state index >= 15 is 0 Å². The van der Waals surface area contributed by atoms with Crippen LogP contribution >= 0.6 is 0 Å². The lowest BCUT2D eigenvalue weighted by molar-refractivity contribution is -0.396. The molecule has 0 heterocycles. The zero-order chi connectivity index (χ0) is 16.7. The van der Waals surface area contributed by atoms with Crippen molar-refractivity contribution in [3.63, 3.8) is 0 Å². The van der Waals surface area contributed by atoms with Gasteiger partial charge in [0.1, 0.15) is 6.79 Å². The van der Waals surface area contributed by atoms with Gasteiger partial charge in [-0.15, -0.1) is 0 Å². The molecule has 3 atom stereocenters. The molecule has 1 saturated carbocycles. The smallest absolute Gasteiger partial charge is 0.359 e. The number of rotatable bonds is 4. The van der Waals surface area contributed by atoms with Crippen LogP contribution in [0.25, 0.3) is 0 Å². The van der Waals surface area contributed by atoms with Crippen molar-refractivity contribution in [1.82, 2.24) is 0 Å². The van der Waals surface area contributed by atoms with Gasteiger partial charge in [0.05, 0.1) is 5.92 Å². The molecule has 1 aliphatic carbocycles. The molecule has 0 amide bonds. The molecule has 0 spiro atoms. The molecule has 3 unspecified atom stereocenters. The Labute approximate surface area is 117 Å². The third kappa shape index (κ3) is 3.13. The maximum atomic E-state index is 14.3. The first-order chi connectivity index (χ1) is 9.29. The molecule has 1 aliphatic rings. The number of hydrogen-bond acceptors (Lipinski definition) is 2. The van der Waals surface area contributed by atoms with E-state index < -0.39 is 55.1 Å². The quantitative estimate of drug-likeness (QED) is 0.568. The van der Waals surface area contributed by atoms with Gasteiger partial charge in [0.15, 0.2) is 0 Å². The van der Waals surface area contributed by atoms with Crippen molar-refractivity contribution in [3.05, 3.63) is 0 Å². The van der Waals surface area contributed by atoms with Crippen LogP contribution in [-0.2, 0) is 9.47 Å². The second-order valence-electron chi connectivity index (χ2n) is 5.55. The lowest BCUT2D eigenvalue weighted by Gasteiger charge is -2.50. The van der Waals surface area contributed by atoms with E-state index in [0.717, 1.165) is 7.11 Å². The van der Waals surface area contributed by atoms with Gasteiger partial charge < -0.3 is 9.47 Å². The van der Waals surface area contributed by atoms with Gasteiger partial charge in [0.25, 0.3) is 11.8 Å². The molecule has 1 fully saturated rings. The van der Waals surface area contributed by atoms with E-state index in [4.69, 9.17) is 0 Å². The van der Waals surface area contributed by atoms with E-state index in [1.165, 1.54) is 6.92 Å². The Hall–Kier alpha value is -0.570. The third-order valence-electron chi connectivity index (χ3n) is 3.74. The Balaban J connectivity index is 3.38. The Morgan fingerprint density at radius 3 is 2.05 bits per heavy atom. The van der Waals surface area contributed by atoms with Crippen LogP contribution in [0.2, 0.25) is 0 Å². The summed E-state index contributed by atoms with van der Waals surface area (Å²) in [6, 6.07) is 0. The SMILES string of the molecule is COCOC1(C(F)(F)F)CC(C)CC(C(C)(F)F)C1(F)F. The molecule has 9 heteroatoms. The van der Waals surface area contributed by atoms with E-state index in [-0.39, 0.29) is 6.92 Å². The second kappa shape index (κ2) is 5.57. The van der Waals surface area contributed by atoms with E-state index in [1.54, 1.807) is 0 Å². The van der Waals surface area contributed by atoms with Crippen molar-refractivity contribution in [2.45, 2.75) is 50.3 Å². The van der Waals surface area contributed by atoms with Crippen LogP contribution in [-0.4, -0.2) is 37.5 Å². The fraction of sp³-hybridized carbons (Fsp3) is 1.00. The maximum absolute atomic E-state index is 14.3. The topological polar surface area (TPSA) is 18.5 Å². The molecule has 0 saturated heterocycles. The first-order valence-corrected chi connectivity index (χ1v) is 6.25. The third-order valence-corrected chi connectivity index (χ3v) is 3.74. The summed E-state index contributed by atoms with van der Waals surface area (Å²) in [4.78, 5) is 0. The van der Waals surface area contributed by atoms with E-state index in [1.807, 2.05) is 0 Å². The molecule has 0 N–H and O–H groups in total. The van der Waals surface area contributed by atoms with E-state index in [0.29, 0.717) is 0 Å². The predicted molar refractivity (Wildman–Crippen MR) is 59.2 cm³/mol. The number of halogens is 7. The van der Waals surface area contributed by atoms with Crippen LogP contribution in [0.15, 0.2) is 0 Å². The highest BCUT2D eigenvalue weighted by Gasteiger charge is 2.77. The summed E-state index contributed by atoms with van der Waals surface area (Å²) in [6.07, 6.45) is -7.32. The lowest BCUT2D eigenvalue weighted by Crippen LogP contribution is -2.68. The zero-order valence-electron chi connectivity index (χ0n) is 11.7. The maximum Gasteiger partial charge on any atom is 0.423 e. The molecule has 0 bridgehead atoms. The minimum absolute atomic E-state index is 0.196. The summed E-state index contributed by atoms with van der Waals surface area (Å²) in [6.45, 7) is 0.343. The normalized spacial score (nSPS) is 34.0. The molecule has 0 aromatic rings. The average molecular weight is 326 g/mol. The molecule has 0 aliphatic heterocycles. The highest BCUT2D eigenvalue weighted by molar-refractivity contribution is 5.10. The molecule has 2 nitrogen and oxygen atoms in total. The summed E-state index contributed by atoms with van der Waals surface area (Å²) in [5.74, 6) is -12.5. The van der Waals surface area contributed by atoms with Crippen molar-refractivity contribution in [2.75, 3.05) is 13.9 Å². The fourth-order valence-corrected chi connectivity index (χ4v) is 2.77. The van der Waals surface area contributed by atoms with Gasteiger partial charge in [-0.3, -0.25) is 0 Å². The standard InChI is InChI=1S/C12H17F7O2/c1-7-4-8(9(2,13)14)11(15,16)10(5-7,12(17,18)19)21-6-20-3/h7-8H,4-6H2,1-3H3. The molecule has 1 rings (SSSR count). The number of methoxy groups -OCH3 is 1. The zero-order valence-corrected chi connectivity index (χ0v) is 11.7. The van der Waals surface area contributed by atoms with Crippen LogP contribution in [0.3, 0.4) is 0 Å². The lowest BCUT2D eigenvalue weighted by atomic mass is 9.67. The summed E-state index contributed by atoms with van der Waals surface area (Å²) in [7, 11) is 0.959. The minimum atomic E-state index is -5.51. The van der Waals surface area contributed by atoms with E-state index in [2.05, 4.69) is 9.47 Å². The Morgan fingerprint density at radius 1 is 1.14 bits per heavy atom. The molecule has 0 radical (unpaired) electrons. The highest BCUT2D eigenvalue weighted by Crippen LogP contribution is 2.59. The van der Waals surface area contributed by atoms with Crippen LogP contribution in [0, 0.1) is 11.8 Å². The summed E-state index contributed by atoms with van der Waals surface area (Å²) in [5, 5.41) is 0. The van der Waals surface area contributed by atoms with Crippen molar-refractivity contribution in [2.24, 2.45) is 11.8 Å². The molecule has 21 heavy (non-hydrogen) atoms. The predicted octanol–water partition coefficient (Wildman–Crippen LogP) is 4.24. The summed E-state index contributed by atoms with van der Waals surface area (Å²) >= 11 is 0. The van der Waals surface area contributed by atoms with Crippen LogP contribution in [0.5, 0.6) is 0 Å². The van der Waals surface area contributed by atoms with Crippen LogP contribution < -0.4 is 0 Å². The number of alkyl halides is 7. The second-order valence-corrected chi connectivity index (χ2v) is 5.55. The van der Waals surface area contributed by atoms with Gasteiger partial charge in [-0.1, -0.05) is 6.92 Å². The summed E-state index contributed by atoms with van der Waals surface area (Å²) < 4.78 is 104. The van der Waals surface area contributed by atoms with Crippen LogP contribution in [0.4, 0.5) is 30.7 Å². The Bertz CT molecular complexity index is 364. The Kier molecular flexibility index (Phi) is 4.90. The summed E-state index contributed by atoms with van der Waals surface area (Å²) in [5.41, 5.74) is -3.97.